The number of hydrogen-bond donors (Lipinski definition) is 0. The predicted molar refractivity (Wildman–Crippen MR) is 96.4 cm³/mol. The molecule has 3 heterocycles. The van der Waals surface area contributed by atoms with E-state index in [0.29, 0.717) is 34.9 Å². The maximum atomic E-state index is 12.7. The van der Waals surface area contributed by atoms with Crippen LogP contribution in [-0.2, 0) is 6.18 Å². The van der Waals surface area contributed by atoms with E-state index >= 15 is 0 Å². The van der Waals surface area contributed by atoms with E-state index in [2.05, 4.69) is 32.0 Å². The Kier molecular flexibility index (Phi) is 4.53. The Morgan fingerprint density at radius 3 is 2.41 bits per heavy atom. The van der Waals surface area contributed by atoms with Gasteiger partial charge < -0.3 is 9.80 Å². The SMILES string of the molecule is Cc1nc(N2CC[C@@H]3CCN(C)C[C@@H]32)nnc1-c1ccc(C(F)(F)F)cc1. The van der Waals surface area contributed by atoms with Crippen LogP contribution in [0.5, 0.6) is 0 Å². The van der Waals surface area contributed by atoms with E-state index in [-0.39, 0.29) is 0 Å². The molecule has 8 heteroatoms. The van der Waals surface area contributed by atoms with Gasteiger partial charge in [0.2, 0.25) is 5.95 Å². The zero-order valence-corrected chi connectivity index (χ0v) is 15.4. The van der Waals surface area contributed by atoms with Gasteiger partial charge in [-0.1, -0.05) is 12.1 Å². The molecular formula is C19H22F3N5. The minimum atomic E-state index is -4.35. The van der Waals surface area contributed by atoms with Gasteiger partial charge >= 0.3 is 6.18 Å². The maximum Gasteiger partial charge on any atom is 0.416 e. The molecular weight excluding hydrogens is 355 g/mol. The Morgan fingerprint density at radius 2 is 1.74 bits per heavy atom. The molecule has 0 radical (unpaired) electrons. The predicted octanol–water partition coefficient (Wildman–Crippen LogP) is 3.40. The van der Waals surface area contributed by atoms with E-state index in [4.69, 9.17) is 0 Å². The van der Waals surface area contributed by atoms with Gasteiger partial charge in [-0.05, 0) is 51.4 Å². The van der Waals surface area contributed by atoms with Gasteiger partial charge in [0.15, 0.2) is 0 Å². The minimum Gasteiger partial charge on any atom is -0.335 e. The van der Waals surface area contributed by atoms with Crippen LogP contribution in [0.4, 0.5) is 19.1 Å². The molecule has 2 aliphatic heterocycles. The molecule has 0 spiro atoms. The van der Waals surface area contributed by atoms with Gasteiger partial charge in [0.05, 0.1) is 11.3 Å². The first-order valence-electron chi connectivity index (χ1n) is 9.17. The molecule has 2 atom stereocenters. The third-order valence-electron chi connectivity index (χ3n) is 5.66. The van der Waals surface area contributed by atoms with Gasteiger partial charge in [-0.2, -0.15) is 13.2 Å². The number of halogens is 3. The lowest BCUT2D eigenvalue weighted by Gasteiger charge is -2.36. The highest BCUT2D eigenvalue weighted by Gasteiger charge is 2.39. The Labute approximate surface area is 156 Å². The summed E-state index contributed by atoms with van der Waals surface area (Å²) in [4.78, 5) is 9.19. The third-order valence-corrected chi connectivity index (χ3v) is 5.66. The van der Waals surface area contributed by atoms with Gasteiger partial charge in [0, 0.05) is 24.7 Å². The lowest BCUT2D eigenvalue weighted by molar-refractivity contribution is -0.137. The highest BCUT2D eigenvalue weighted by atomic mass is 19.4. The van der Waals surface area contributed by atoms with Gasteiger partial charge in [0.1, 0.15) is 5.69 Å². The van der Waals surface area contributed by atoms with Crippen molar-refractivity contribution in [2.24, 2.45) is 5.92 Å². The zero-order valence-electron chi connectivity index (χ0n) is 15.4. The van der Waals surface area contributed by atoms with Gasteiger partial charge in [0.25, 0.3) is 0 Å². The Bertz CT molecular complexity index is 821. The number of alkyl halides is 3. The summed E-state index contributed by atoms with van der Waals surface area (Å²) in [5.74, 6) is 1.28. The molecule has 2 aliphatic rings. The molecule has 4 rings (SSSR count). The molecule has 5 nitrogen and oxygen atoms in total. The fraction of sp³-hybridized carbons (Fsp3) is 0.526. The Hall–Kier alpha value is -2.22. The van der Waals surface area contributed by atoms with E-state index in [1.807, 2.05) is 6.92 Å². The fourth-order valence-corrected chi connectivity index (χ4v) is 4.14. The molecule has 2 saturated heterocycles. The van der Waals surface area contributed by atoms with Crippen LogP contribution < -0.4 is 4.90 Å². The Balaban J connectivity index is 1.58. The largest absolute Gasteiger partial charge is 0.416 e. The van der Waals surface area contributed by atoms with Crippen molar-refractivity contribution < 1.29 is 13.2 Å². The lowest BCUT2D eigenvalue weighted by Crippen LogP contribution is -2.47. The van der Waals surface area contributed by atoms with Crippen LogP contribution in [-0.4, -0.2) is 52.8 Å². The second kappa shape index (κ2) is 6.74. The Morgan fingerprint density at radius 1 is 1.04 bits per heavy atom. The number of anilines is 1. The number of benzene rings is 1. The summed E-state index contributed by atoms with van der Waals surface area (Å²) in [6, 6.07) is 5.37. The summed E-state index contributed by atoms with van der Waals surface area (Å²) in [6.45, 7) is 4.86. The summed E-state index contributed by atoms with van der Waals surface area (Å²) < 4.78 is 38.2. The topological polar surface area (TPSA) is 45.2 Å². The van der Waals surface area contributed by atoms with E-state index in [0.717, 1.165) is 38.2 Å². The average molecular weight is 377 g/mol. The monoisotopic (exact) mass is 377 g/mol. The number of fused-ring (bicyclic) bond motifs is 1. The number of piperidine rings is 1. The van der Waals surface area contributed by atoms with Crippen molar-refractivity contribution in [2.75, 3.05) is 31.6 Å². The van der Waals surface area contributed by atoms with Crippen LogP contribution in [0.2, 0.25) is 0 Å². The molecule has 1 aromatic heterocycles. The fourth-order valence-electron chi connectivity index (χ4n) is 4.14. The van der Waals surface area contributed by atoms with E-state index in [1.54, 1.807) is 0 Å². The highest BCUT2D eigenvalue weighted by molar-refractivity contribution is 5.62. The van der Waals surface area contributed by atoms with Crippen molar-refractivity contribution >= 4 is 5.95 Å². The summed E-state index contributed by atoms with van der Waals surface area (Å²) >= 11 is 0. The lowest BCUT2D eigenvalue weighted by atomic mass is 9.92. The van der Waals surface area contributed by atoms with Crippen molar-refractivity contribution in [1.82, 2.24) is 20.1 Å². The molecule has 1 aromatic carbocycles. The van der Waals surface area contributed by atoms with Crippen molar-refractivity contribution in [1.29, 1.82) is 0 Å². The van der Waals surface area contributed by atoms with E-state index < -0.39 is 11.7 Å². The van der Waals surface area contributed by atoms with Crippen molar-refractivity contribution in [3.8, 4) is 11.3 Å². The molecule has 0 saturated carbocycles. The van der Waals surface area contributed by atoms with Crippen molar-refractivity contribution in [2.45, 2.75) is 32.0 Å². The molecule has 2 fully saturated rings. The number of aromatic nitrogens is 3. The molecule has 27 heavy (non-hydrogen) atoms. The van der Waals surface area contributed by atoms with Crippen molar-refractivity contribution in [3.05, 3.63) is 35.5 Å². The molecule has 0 unspecified atom stereocenters. The van der Waals surface area contributed by atoms with Crippen LogP contribution in [0.15, 0.2) is 24.3 Å². The second-order valence-corrected chi connectivity index (χ2v) is 7.48. The molecule has 0 N–H and O–H groups in total. The van der Waals surface area contributed by atoms with E-state index in [9.17, 15) is 13.2 Å². The first-order valence-corrected chi connectivity index (χ1v) is 9.17. The van der Waals surface area contributed by atoms with Crippen LogP contribution >= 0.6 is 0 Å². The summed E-state index contributed by atoms with van der Waals surface area (Å²) in [6.07, 6.45) is -2.02. The summed E-state index contributed by atoms with van der Waals surface area (Å²) in [5, 5.41) is 8.60. The molecule has 0 bridgehead atoms. The van der Waals surface area contributed by atoms with E-state index in [1.165, 1.54) is 18.6 Å². The molecule has 2 aromatic rings. The first kappa shape index (κ1) is 18.2. The highest BCUT2D eigenvalue weighted by Crippen LogP contribution is 2.34. The van der Waals surface area contributed by atoms with Crippen LogP contribution in [0.3, 0.4) is 0 Å². The third kappa shape index (κ3) is 3.50. The molecule has 0 aliphatic carbocycles. The molecule has 144 valence electrons. The number of likely N-dealkylation sites (tertiary alicyclic amines) is 1. The number of aryl methyl sites for hydroxylation is 1. The van der Waals surface area contributed by atoms with Crippen LogP contribution in [0, 0.1) is 12.8 Å². The number of nitrogens with zero attached hydrogens (tertiary/aromatic N) is 5. The van der Waals surface area contributed by atoms with Crippen molar-refractivity contribution in [3.63, 3.8) is 0 Å². The standard InChI is InChI=1S/C19H22F3N5/c1-12-17(14-3-5-15(6-4-14)19(20,21)22)24-25-18(23-12)27-10-8-13-7-9-26(2)11-16(13)27/h3-6,13,16H,7-11H2,1-2H3/t13-,16-/m0/s1. The smallest absolute Gasteiger partial charge is 0.335 e. The van der Waals surface area contributed by atoms with Gasteiger partial charge in [-0.15, -0.1) is 10.2 Å². The summed E-state index contributed by atoms with van der Waals surface area (Å²) in [7, 11) is 2.13. The first-order chi connectivity index (χ1) is 12.8. The van der Waals surface area contributed by atoms with Crippen LogP contribution in [0.25, 0.3) is 11.3 Å². The maximum absolute atomic E-state index is 12.7. The number of rotatable bonds is 2. The van der Waals surface area contributed by atoms with Gasteiger partial charge in [-0.3, -0.25) is 0 Å². The quantitative estimate of drug-likeness (QED) is 0.803. The number of likely N-dealkylation sites (N-methyl/N-ethyl adjacent to an activating group) is 1. The summed E-state index contributed by atoms with van der Waals surface area (Å²) in [5.41, 5.74) is 1.10. The zero-order chi connectivity index (χ0) is 19.2. The normalized spacial score (nSPS) is 23.5. The van der Waals surface area contributed by atoms with Crippen LogP contribution in [0.1, 0.15) is 24.1 Å². The number of hydrogen-bond acceptors (Lipinski definition) is 5. The second-order valence-electron chi connectivity index (χ2n) is 7.48. The minimum absolute atomic E-state index is 0.405. The molecule has 0 amide bonds. The average Bonchev–Trinajstić information content (AvgIpc) is 3.04. The van der Waals surface area contributed by atoms with Gasteiger partial charge in [-0.25, -0.2) is 4.98 Å².